The standard InChI is InChI=1S/C11H16FN3O/c1-6(2)10(11(14)16)15-9-4-7(12)3-8(13)5-9/h3-6,10,15H,13H2,1-2H3,(H2,14,16). The first kappa shape index (κ1) is 12.3. The van der Waals surface area contributed by atoms with Gasteiger partial charge in [0.2, 0.25) is 5.91 Å². The molecule has 0 aliphatic carbocycles. The maximum Gasteiger partial charge on any atom is 0.240 e. The molecule has 0 radical (unpaired) electrons. The topological polar surface area (TPSA) is 81.1 Å². The Labute approximate surface area is 93.8 Å². The van der Waals surface area contributed by atoms with Crippen molar-refractivity contribution in [2.45, 2.75) is 19.9 Å². The highest BCUT2D eigenvalue weighted by molar-refractivity contribution is 5.83. The number of carbonyl (C=O) groups is 1. The van der Waals surface area contributed by atoms with Gasteiger partial charge in [0, 0.05) is 11.4 Å². The lowest BCUT2D eigenvalue weighted by Gasteiger charge is -2.20. The molecule has 0 spiro atoms. The zero-order valence-electron chi connectivity index (χ0n) is 9.33. The largest absolute Gasteiger partial charge is 0.399 e. The number of nitrogens with one attached hydrogen (secondary N) is 1. The van der Waals surface area contributed by atoms with E-state index < -0.39 is 17.8 Å². The number of carbonyl (C=O) groups excluding carboxylic acids is 1. The van der Waals surface area contributed by atoms with E-state index in [-0.39, 0.29) is 5.92 Å². The first-order chi connectivity index (χ1) is 7.40. The van der Waals surface area contributed by atoms with Crippen molar-refractivity contribution >= 4 is 17.3 Å². The normalized spacial score (nSPS) is 12.5. The van der Waals surface area contributed by atoms with Crippen molar-refractivity contribution in [2.24, 2.45) is 11.7 Å². The van der Waals surface area contributed by atoms with E-state index >= 15 is 0 Å². The molecule has 4 nitrogen and oxygen atoms in total. The van der Waals surface area contributed by atoms with Crippen molar-refractivity contribution < 1.29 is 9.18 Å². The van der Waals surface area contributed by atoms with Gasteiger partial charge in [-0.1, -0.05) is 13.8 Å². The highest BCUT2D eigenvalue weighted by Crippen LogP contribution is 2.18. The van der Waals surface area contributed by atoms with Crippen LogP contribution in [0.1, 0.15) is 13.8 Å². The number of benzene rings is 1. The van der Waals surface area contributed by atoms with Crippen LogP contribution in [0.15, 0.2) is 18.2 Å². The third-order valence-electron chi connectivity index (χ3n) is 2.22. The van der Waals surface area contributed by atoms with Crippen LogP contribution >= 0.6 is 0 Å². The summed E-state index contributed by atoms with van der Waals surface area (Å²) in [6.45, 7) is 3.70. The van der Waals surface area contributed by atoms with Gasteiger partial charge in [0.1, 0.15) is 11.9 Å². The Bertz CT molecular complexity index is 373. The average molecular weight is 225 g/mol. The van der Waals surface area contributed by atoms with Gasteiger partial charge < -0.3 is 16.8 Å². The molecule has 1 unspecified atom stereocenters. The molecule has 0 aliphatic rings. The monoisotopic (exact) mass is 225 g/mol. The summed E-state index contributed by atoms with van der Waals surface area (Å²) in [4.78, 5) is 11.1. The zero-order valence-corrected chi connectivity index (χ0v) is 9.33. The lowest BCUT2D eigenvalue weighted by molar-refractivity contribution is -0.119. The Morgan fingerprint density at radius 2 is 2.00 bits per heavy atom. The van der Waals surface area contributed by atoms with Crippen LogP contribution in [-0.4, -0.2) is 11.9 Å². The van der Waals surface area contributed by atoms with Crippen molar-refractivity contribution in [3.05, 3.63) is 24.0 Å². The van der Waals surface area contributed by atoms with Gasteiger partial charge in [0.25, 0.3) is 0 Å². The fourth-order valence-corrected chi connectivity index (χ4v) is 1.44. The first-order valence-electron chi connectivity index (χ1n) is 5.02. The van der Waals surface area contributed by atoms with Crippen LogP contribution in [0.25, 0.3) is 0 Å². The Morgan fingerprint density at radius 1 is 1.38 bits per heavy atom. The SMILES string of the molecule is CC(C)C(Nc1cc(N)cc(F)c1)C(N)=O. The van der Waals surface area contributed by atoms with Crippen LogP contribution in [0.3, 0.4) is 0 Å². The van der Waals surface area contributed by atoms with E-state index in [0.717, 1.165) is 0 Å². The van der Waals surface area contributed by atoms with E-state index in [9.17, 15) is 9.18 Å². The molecule has 1 atom stereocenters. The molecule has 1 aromatic rings. The van der Waals surface area contributed by atoms with Gasteiger partial charge in [-0.25, -0.2) is 4.39 Å². The molecular weight excluding hydrogens is 209 g/mol. The van der Waals surface area contributed by atoms with Crippen molar-refractivity contribution in [2.75, 3.05) is 11.1 Å². The van der Waals surface area contributed by atoms with Crippen LogP contribution in [0.5, 0.6) is 0 Å². The van der Waals surface area contributed by atoms with Crippen molar-refractivity contribution in [1.29, 1.82) is 0 Å². The number of primary amides is 1. The summed E-state index contributed by atoms with van der Waals surface area (Å²) in [5.41, 5.74) is 11.5. The van der Waals surface area contributed by atoms with E-state index in [1.807, 2.05) is 13.8 Å². The molecule has 0 saturated carbocycles. The lowest BCUT2D eigenvalue weighted by atomic mass is 10.0. The van der Waals surface area contributed by atoms with E-state index in [1.54, 1.807) is 6.07 Å². The molecule has 0 bridgehead atoms. The summed E-state index contributed by atoms with van der Waals surface area (Å²) >= 11 is 0. The fraction of sp³-hybridized carbons (Fsp3) is 0.364. The molecule has 0 saturated heterocycles. The summed E-state index contributed by atoms with van der Waals surface area (Å²) < 4.78 is 13.0. The summed E-state index contributed by atoms with van der Waals surface area (Å²) in [5, 5.41) is 2.86. The molecule has 16 heavy (non-hydrogen) atoms. The highest BCUT2D eigenvalue weighted by atomic mass is 19.1. The molecular formula is C11H16FN3O. The van der Waals surface area contributed by atoms with Crippen molar-refractivity contribution in [3.8, 4) is 0 Å². The number of hydrogen-bond acceptors (Lipinski definition) is 3. The summed E-state index contributed by atoms with van der Waals surface area (Å²) in [6.07, 6.45) is 0. The summed E-state index contributed by atoms with van der Waals surface area (Å²) in [7, 11) is 0. The fourth-order valence-electron chi connectivity index (χ4n) is 1.44. The first-order valence-corrected chi connectivity index (χ1v) is 5.02. The van der Waals surface area contributed by atoms with Crippen LogP contribution < -0.4 is 16.8 Å². The average Bonchev–Trinajstić information content (AvgIpc) is 2.11. The van der Waals surface area contributed by atoms with Gasteiger partial charge >= 0.3 is 0 Å². The van der Waals surface area contributed by atoms with Gasteiger partial charge in [-0.05, 0) is 24.1 Å². The predicted octanol–water partition coefficient (Wildman–Crippen LogP) is 1.33. The lowest BCUT2D eigenvalue weighted by Crippen LogP contribution is -2.39. The van der Waals surface area contributed by atoms with Crippen LogP contribution in [0.2, 0.25) is 0 Å². The van der Waals surface area contributed by atoms with E-state index in [1.165, 1.54) is 12.1 Å². The number of hydrogen-bond donors (Lipinski definition) is 3. The van der Waals surface area contributed by atoms with Gasteiger partial charge in [0.15, 0.2) is 0 Å². The van der Waals surface area contributed by atoms with Crippen molar-refractivity contribution in [1.82, 2.24) is 0 Å². The second kappa shape index (κ2) is 4.83. The minimum Gasteiger partial charge on any atom is -0.399 e. The summed E-state index contributed by atoms with van der Waals surface area (Å²) in [5.74, 6) is -0.908. The maximum atomic E-state index is 13.0. The Hall–Kier alpha value is -1.78. The van der Waals surface area contributed by atoms with E-state index in [0.29, 0.717) is 11.4 Å². The Morgan fingerprint density at radius 3 is 2.44 bits per heavy atom. The zero-order chi connectivity index (χ0) is 12.3. The molecule has 88 valence electrons. The number of halogens is 1. The number of anilines is 2. The minimum absolute atomic E-state index is 0.0157. The maximum absolute atomic E-state index is 13.0. The predicted molar refractivity (Wildman–Crippen MR) is 62.3 cm³/mol. The molecule has 5 heteroatoms. The second-order valence-electron chi connectivity index (χ2n) is 4.04. The smallest absolute Gasteiger partial charge is 0.240 e. The molecule has 1 rings (SSSR count). The number of nitrogens with two attached hydrogens (primary N) is 2. The van der Waals surface area contributed by atoms with E-state index in [2.05, 4.69) is 5.32 Å². The van der Waals surface area contributed by atoms with Crippen molar-refractivity contribution in [3.63, 3.8) is 0 Å². The minimum atomic E-state index is -0.541. The van der Waals surface area contributed by atoms with Gasteiger partial charge in [-0.15, -0.1) is 0 Å². The van der Waals surface area contributed by atoms with Gasteiger partial charge in [0.05, 0.1) is 0 Å². The Balaban J connectivity index is 2.89. The van der Waals surface area contributed by atoms with Gasteiger partial charge in [-0.2, -0.15) is 0 Å². The third-order valence-corrected chi connectivity index (χ3v) is 2.22. The summed E-state index contributed by atoms with van der Waals surface area (Å²) in [6, 6.07) is 3.50. The molecule has 1 amide bonds. The second-order valence-corrected chi connectivity index (χ2v) is 4.04. The highest BCUT2D eigenvalue weighted by Gasteiger charge is 2.19. The molecule has 1 aromatic carbocycles. The Kier molecular flexibility index (Phi) is 3.71. The number of rotatable bonds is 4. The molecule has 0 aromatic heterocycles. The third kappa shape index (κ3) is 3.12. The van der Waals surface area contributed by atoms with Gasteiger partial charge in [-0.3, -0.25) is 4.79 Å². The number of nitrogen functional groups attached to an aromatic ring is 1. The molecule has 5 N–H and O–H groups in total. The van der Waals surface area contributed by atoms with Crippen LogP contribution in [0, 0.1) is 11.7 Å². The molecule has 0 heterocycles. The molecule has 0 fully saturated rings. The molecule has 0 aliphatic heterocycles. The van der Waals surface area contributed by atoms with E-state index in [4.69, 9.17) is 11.5 Å². The van der Waals surface area contributed by atoms with Crippen LogP contribution in [-0.2, 0) is 4.79 Å². The quantitative estimate of drug-likeness (QED) is 0.676. The van der Waals surface area contributed by atoms with Crippen LogP contribution in [0.4, 0.5) is 15.8 Å². The number of amides is 1.